The molecule has 13 heteroatoms. The molecule has 0 spiro atoms. The van der Waals surface area contributed by atoms with Gasteiger partial charge < -0.3 is 37.0 Å². The largest absolute Gasteiger partial charge is 0.481 e. The average Bonchev–Trinajstić information content (AvgIpc) is 2.79. The van der Waals surface area contributed by atoms with Crippen LogP contribution < -0.4 is 21.7 Å². The summed E-state index contributed by atoms with van der Waals surface area (Å²) in [6, 6.07) is 3.25. The molecule has 0 saturated carbocycles. The van der Waals surface area contributed by atoms with Crippen molar-refractivity contribution in [2.75, 3.05) is 12.0 Å². The van der Waals surface area contributed by atoms with Gasteiger partial charge in [-0.2, -0.15) is 11.8 Å². The number of hydrogen-bond acceptors (Lipinski definition) is 8. The summed E-state index contributed by atoms with van der Waals surface area (Å²) in [5.41, 5.74) is 6.19. The number of nitrogens with one attached hydrogen (secondary N) is 3. The van der Waals surface area contributed by atoms with Gasteiger partial charge in [0.05, 0.1) is 18.6 Å². The maximum absolute atomic E-state index is 13.0. The Kier molecular flexibility index (Phi) is 12.8. The number of carbonyl (C=O) groups excluding carboxylic acids is 3. The summed E-state index contributed by atoms with van der Waals surface area (Å²) in [6.45, 7) is 1.22. The van der Waals surface area contributed by atoms with Gasteiger partial charge in [-0.1, -0.05) is 30.3 Å². The molecule has 194 valence electrons. The highest BCUT2D eigenvalue weighted by molar-refractivity contribution is 7.98. The van der Waals surface area contributed by atoms with E-state index < -0.39 is 66.4 Å². The van der Waals surface area contributed by atoms with Crippen LogP contribution in [0.4, 0.5) is 0 Å². The lowest BCUT2D eigenvalue weighted by atomic mass is 10.0. The second-order valence-electron chi connectivity index (χ2n) is 7.86. The fourth-order valence-corrected chi connectivity index (χ4v) is 3.50. The van der Waals surface area contributed by atoms with E-state index in [4.69, 9.17) is 10.8 Å². The van der Waals surface area contributed by atoms with Crippen molar-refractivity contribution in [3.63, 3.8) is 0 Å². The molecule has 0 fully saturated rings. The molecule has 1 aromatic carbocycles. The van der Waals surface area contributed by atoms with Crippen LogP contribution >= 0.6 is 11.8 Å². The molecule has 3 amide bonds. The van der Waals surface area contributed by atoms with Gasteiger partial charge in [0.15, 0.2) is 0 Å². The molecule has 0 bridgehead atoms. The zero-order valence-corrected chi connectivity index (χ0v) is 20.3. The van der Waals surface area contributed by atoms with Gasteiger partial charge in [0.25, 0.3) is 0 Å². The van der Waals surface area contributed by atoms with Gasteiger partial charge in [-0.25, -0.2) is 4.79 Å². The lowest BCUT2D eigenvalue weighted by molar-refractivity contribution is -0.142. The molecule has 35 heavy (non-hydrogen) atoms. The molecule has 1 rings (SSSR count). The van der Waals surface area contributed by atoms with Gasteiger partial charge in [0.1, 0.15) is 18.1 Å². The Hall–Kier alpha value is -3.16. The van der Waals surface area contributed by atoms with Gasteiger partial charge in [-0.05, 0) is 30.9 Å². The first-order valence-electron chi connectivity index (χ1n) is 10.8. The van der Waals surface area contributed by atoms with Crippen molar-refractivity contribution in [1.82, 2.24) is 16.0 Å². The first-order valence-corrected chi connectivity index (χ1v) is 12.2. The highest BCUT2D eigenvalue weighted by Gasteiger charge is 2.32. The van der Waals surface area contributed by atoms with E-state index in [-0.39, 0.29) is 12.8 Å². The SMILES string of the molecule is CSCCC(NC(=O)C(Cc1ccccc1)NC(=O)C(NC(=O)C(N)CC(=O)O)C(C)O)C(=O)O. The average molecular weight is 513 g/mol. The Bertz CT molecular complexity index is 883. The standard InChI is InChI=1S/C22H32N4O8S/c1-12(27)18(26-19(30)14(23)11-17(28)29)21(32)25-16(10-13-6-4-3-5-7-13)20(31)24-15(22(33)34)8-9-35-2/h3-7,12,14-16,18,27H,8-11,23H2,1-2H3,(H,24,31)(H,25,32)(H,26,30)(H,28,29)(H,33,34). The fraction of sp³-hybridized carbons (Fsp3) is 0.500. The van der Waals surface area contributed by atoms with Crippen molar-refractivity contribution in [2.24, 2.45) is 5.73 Å². The monoisotopic (exact) mass is 512 g/mol. The maximum atomic E-state index is 13.0. The Labute approximate surface area is 207 Å². The first kappa shape index (κ1) is 29.9. The van der Waals surface area contributed by atoms with E-state index >= 15 is 0 Å². The summed E-state index contributed by atoms with van der Waals surface area (Å²) in [5, 5.41) is 35.3. The molecule has 0 aliphatic rings. The van der Waals surface area contributed by atoms with E-state index in [9.17, 15) is 34.2 Å². The van der Waals surface area contributed by atoms with Gasteiger partial charge in [-0.3, -0.25) is 19.2 Å². The molecular weight excluding hydrogens is 480 g/mol. The Morgan fingerprint density at radius 1 is 0.943 bits per heavy atom. The van der Waals surface area contributed by atoms with E-state index in [1.807, 2.05) is 0 Å². The summed E-state index contributed by atoms with van der Waals surface area (Å²) >= 11 is 1.42. The van der Waals surface area contributed by atoms with Crippen molar-refractivity contribution in [3.8, 4) is 0 Å². The predicted molar refractivity (Wildman–Crippen MR) is 128 cm³/mol. The van der Waals surface area contributed by atoms with Gasteiger partial charge in [-0.15, -0.1) is 0 Å². The van der Waals surface area contributed by atoms with Crippen molar-refractivity contribution < 1.29 is 39.3 Å². The molecular formula is C22H32N4O8S. The number of aliphatic hydroxyl groups excluding tert-OH is 1. The number of aliphatic hydroxyl groups is 1. The number of aliphatic carboxylic acids is 2. The fourth-order valence-electron chi connectivity index (χ4n) is 3.03. The molecule has 5 unspecified atom stereocenters. The van der Waals surface area contributed by atoms with Crippen molar-refractivity contribution in [2.45, 2.75) is 56.5 Å². The third-order valence-corrected chi connectivity index (χ3v) is 5.58. The Balaban J connectivity index is 3.07. The molecule has 1 aromatic rings. The molecule has 0 radical (unpaired) electrons. The lowest BCUT2D eigenvalue weighted by Gasteiger charge is -2.26. The van der Waals surface area contributed by atoms with Crippen LogP contribution in [0.25, 0.3) is 0 Å². The minimum Gasteiger partial charge on any atom is -0.481 e. The second-order valence-corrected chi connectivity index (χ2v) is 8.85. The molecule has 0 saturated heterocycles. The minimum absolute atomic E-state index is 0.00623. The van der Waals surface area contributed by atoms with Crippen LogP contribution in [0.3, 0.4) is 0 Å². The zero-order valence-electron chi connectivity index (χ0n) is 19.5. The first-order chi connectivity index (χ1) is 16.5. The van der Waals surface area contributed by atoms with Crippen LogP contribution in [-0.2, 0) is 30.4 Å². The van der Waals surface area contributed by atoms with Crippen LogP contribution in [0.5, 0.6) is 0 Å². The molecule has 0 aromatic heterocycles. The number of amides is 3. The number of nitrogens with two attached hydrogens (primary N) is 1. The summed E-state index contributed by atoms with van der Waals surface area (Å²) in [6.07, 6.45) is -0.129. The quantitative estimate of drug-likeness (QED) is 0.148. The molecule has 0 aliphatic heterocycles. The van der Waals surface area contributed by atoms with E-state index in [1.54, 1.807) is 36.6 Å². The highest BCUT2D eigenvalue weighted by atomic mass is 32.2. The third-order valence-electron chi connectivity index (χ3n) is 4.93. The molecule has 5 atom stereocenters. The van der Waals surface area contributed by atoms with Crippen molar-refractivity contribution >= 4 is 41.4 Å². The second kappa shape index (κ2) is 15.0. The summed E-state index contributed by atoms with van der Waals surface area (Å²) in [5.74, 6) is -4.71. The highest BCUT2D eigenvalue weighted by Crippen LogP contribution is 2.07. The summed E-state index contributed by atoms with van der Waals surface area (Å²) in [7, 11) is 0. The van der Waals surface area contributed by atoms with Gasteiger partial charge in [0.2, 0.25) is 17.7 Å². The number of rotatable bonds is 15. The van der Waals surface area contributed by atoms with E-state index in [0.717, 1.165) is 0 Å². The predicted octanol–water partition coefficient (Wildman–Crippen LogP) is -1.30. The number of carbonyl (C=O) groups is 5. The smallest absolute Gasteiger partial charge is 0.326 e. The van der Waals surface area contributed by atoms with Crippen LogP contribution in [-0.4, -0.2) is 87.3 Å². The van der Waals surface area contributed by atoms with Crippen LogP contribution in [0.1, 0.15) is 25.3 Å². The number of benzene rings is 1. The van der Waals surface area contributed by atoms with Crippen molar-refractivity contribution in [3.05, 3.63) is 35.9 Å². The number of thioether (sulfide) groups is 1. The number of carboxylic acid groups (broad SMARTS) is 2. The Morgan fingerprint density at radius 2 is 1.54 bits per heavy atom. The lowest BCUT2D eigenvalue weighted by Crippen LogP contribution is -2.60. The summed E-state index contributed by atoms with van der Waals surface area (Å²) in [4.78, 5) is 60.4. The molecule has 0 aliphatic carbocycles. The maximum Gasteiger partial charge on any atom is 0.326 e. The van der Waals surface area contributed by atoms with Crippen molar-refractivity contribution in [1.29, 1.82) is 0 Å². The molecule has 0 heterocycles. The molecule has 12 nitrogen and oxygen atoms in total. The van der Waals surface area contributed by atoms with E-state index in [2.05, 4.69) is 16.0 Å². The number of hydrogen-bond donors (Lipinski definition) is 7. The minimum atomic E-state index is -1.54. The topological polar surface area (TPSA) is 208 Å². The van der Waals surface area contributed by atoms with Gasteiger partial charge in [0, 0.05) is 6.42 Å². The van der Waals surface area contributed by atoms with E-state index in [0.29, 0.717) is 11.3 Å². The van der Waals surface area contributed by atoms with Crippen LogP contribution in [0, 0.1) is 0 Å². The number of carboxylic acids is 2. The third kappa shape index (κ3) is 10.8. The van der Waals surface area contributed by atoms with E-state index in [1.165, 1.54) is 18.7 Å². The van der Waals surface area contributed by atoms with Gasteiger partial charge >= 0.3 is 11.9 Å². The van der Waals surface area contributed by atoms with Crippen LogP contribution in [0.15, 0.2) is 30.3 Å². The Morgan fingerprint density at radius 3 is 2.06 bits per heavy atom. The summed E-state index contributed by atoms with van der Waals surface area (Å²) < 4.78 is 0. The van der Waals surface area contributed by atoms with Crippen LogP contribution in [0.2, 0.25) is 0 Å². The normalized spacial score (nSPS) is 15.1. The molecule has 8 N–H and O–H groups in total. The zero-order chi connectivity index (χ0) is 26.5.